The standard InChI is InChI=1S/C14H26N6O/c1-5-20(6-2)14-18-12(15-4)17-13(19-14)16-10(3)11-8-7-9-21-11/h10-11H,5-9H2,1-4H3,(H2,15,16,17,18,19). The minimum absolute atomic E-state index is 0.184. The van der Waals surface area contributed by atoms with Crippen molar-refractivity contribution in [3.63, 3.8) is 0 Å². The zero-order valence-electron chi connectivity index (χ0n) is 13.4. The van der Waals surface area contributed by atoms with Gasteiger partial charge in [-0.25, -0.2) is 0 Å². The van der Waals surface area contributed by atoms with E-state index in [4.69, 9.17) is 4.74 Å². The monoisotopic (exact) mass is 294 g/mol. The van der Waals surface area contributed by atoms with Crippen molar-refractivity contribution >= 4 is 17.8 Å². The number of nitrogens with zero attached hydrogens (tertiary/aromatic N) is 4. The van der Waals surface area contributed by atoms with Crippen LogP contribution in [0.2, 0.25) is 0 Å². The van der Waals surface area contributed by atoms with E-state index in [1.807, 2.05) is 7.05 Å². The first-order valence-electron chi connectivity index (χ1n) is 7.74. The Kier molecular flexibility index (Phi) is 5.55. The molecule has 2 atom stereocenters. The van der Waals surface area contributed by atoms with Crippen LogP contribution in [0.25, 0.3) is 0 Å². The van der Waals surface area contributed by atoms with Crippen molar-refractivity contribution in [2.45, 2.75) is 45.8 Å². The molecule has 1 aromatic rings. The lowest BCUT2D eigenvalue weighted by molar-refractivity contribution is 0.0994. The Morgan fingerprint density at radius 1 is 1.24 bits per heavy atom. The maximum absolute atomic E-state index is 5.70. The number of nitrogens with one attached hydrogen (secondary N) is 2. The molecule has 2 heterocycles. The molecule has 1 aliphatic heterocycles. The normalized spacial score (nSPS) is 19.3. The Hall–Kier alpha value is -1.63. The van der Waals surface area contributed by atoms with Crippen LogP contribution in [0.5, 0.6) is 0 Å². The Morgan fingerprint density at radius 2 is 1.95 bits per heavy atom. The molecule has 2 unspecified atom stereocenters. The zero-order chi connectivity index (χ0) is 15.2. The van der Waals surface area contributed by atoms with Crippen LogP contribution < -0.4 is 15.5 Å². The van der Waals surface area contributed by atoms with E-state index in [0.717, 1.165) is 32.5 Å². The molecule has 0 radical (unpaired) electrons. The topological polar surface area (TPSA) is 75.2 Å². The number of rotatable bonds is 7. The smallest absolute Gasteiger partial charge is 0.231 e. The molecule has 1 saturated heterocycles. The van der Waals surface area contributed by atoms with Gasteiger partial charge in [0.05, 0.1) is 12.1 Å². The van der Waals surface area contributed by atoms with Gasteiger partial charge in [0.1, 0.15) is 0 Å². The van der Waals surface area contributed by atoms with Crippen molar-refractivity contribution in [1.82, 2.24) is 15.0 Å². The molecular formula is C14H26N6O. The highest BCUT2D eigenvalue weighted by Crippen LogP contribution is 2.19. The van der Waals surface area contributed by atoms with Gasteiger partial charge in [-0.15, -0.1) is 0 Å². The molecule has 2 rings (SSSR count). The van der Waals surface area contributed by atoms with Crippen molar-refractivity contribution in [2.75, 3.05) is 42.3 Å². The summed E-state index contributed by atoms with van der Waals surface area (Å²) in [5, 5.41) is 6.34. The molecule has 0 bridgehead atoms. The Labute approximate surface area is 126 Å². The molecular weight excluding hydrogens is 268 g/mol. The van der Waals surface area contributed by atoms with E-state index in [-0.39, 0.29) is 12.1 Å². The Bertz CT molecular complexity index is 445. The number of hydrogen-bond acceptors (Lipinski definition) is 7. The summed E-state index contributed by atoms with van der Waals surface area (Å²) in [5.74, 6) is 1.87. The molecule has 2 N–H and O–H groups in total. The van der Waals surface area contributed by atoms with E-state index in [0.29, 0.717) is 17.8 Å². The van der Waals surface area contributed by atoms with E-state index in [1.54, 1.807) is 0 Å². The SMILES string of the molecule is CCN(CC)c1nc(NC)nc(NC(C)C2CCCO2)n1. The molecule has 1 aliphatic rings. The first-order chi connectivity index (χ1) is 10.2. The fourth-order valence-electron chi connectivity index (χ4n) is 2.48. The first kappa shape index (κ1) is 15.8. The van der Waals surface area contributed by atoms with E-state index >= 15 is 0 Å². The highest BCUT2D eigenvalue weighted by atomic mass is 16.5. The van der Waals surface area contributed by atoms with Gasteiger partial charge in [0.25, 0.3) is 0 Å². The van der Waals surface area contributed by atoms with Gasteiger partial charge >= 0.3 is 0 Å². The van der Waals surface area contributed by atoms with E-state index in [9.17, 15) is 0 Å². The van der Waals surface area contributed by atoms with Crippen molar-refractivity contribution in [3.8, 4) is 0 Å². The highest BCUT2D eigenvalue weighted by Gasteiger charge is 2.23. The Morgan fingerprint density at radius 3 is 2.52 bits per heavy atom. The van der Waals surface area contributed by atoms with Crippen LogP contribution >= 0.6 is 0 Å². The molecule has 0 saturated carbocycles. The summed E-state index contributed by atoms with van der Waals surface area (Å²) in [4.78, 5) is 15.4. The van der Waals surface area contributed by atoms with Gasteiger partial charge < -0.3 is 20.3 Å². The van der Waals surface area contributed by atoms with Crippen LogP contribution in [0.15, 0.2) is 0 Å². The highest BCUT2D eigenvalue weighted by molar-refractivity contribution is 5.43. The fraction of sp³-hybridized carbons (Fsp3) is 0.786. The van der Waals surface area contributed by atoms with Gasteiger partial charge in [-0.05, 0) is 33.6 Å². The summed E-state index contributed by atoms with van der Waals surface area (Å²) in [6, 6.07) is 0.184. The van der Waals surface area contributed by atoms with Crippen LogP contribution in [0.4, 0.5) is 17.8 Å². The van der Waals surface area contributed by atoms with E-state index in [1.165, 1.54) is 0 Å². The molecule has 0 aromatic carbocycles. The predicted molar refractivity (Wildman–Crippen MR) is 85.0 cm³/mol. The summed E-state index contributed by atoms with van der Waals surface area (Å²) in [5.41, 5.74) is 0. The number of ether oxygens (including phenoxy) is 1. The van der Waals surface area contributed by atoms with Crippen LogP contribution in [0.3, 0.4) is 0 Å². The summed E-state index contributed by atoms with van der Waals surface area (Å²) < 4.78 is 5.70. The lowest BCUT2D eigenvalue weighted by Gasteiger charge is -2.22. The molecule has 7 nitrogen and oxygen atoms in total. The van der Waals surface area contributed by atoms with Crippen molar-refractivity contribution in [3.05, 3.63) is 0 Å². The van der Waals surface area contributed by atoms with Gasteiger partial charge in [-0.3, -0.25) is 0 Å². The molecule has 0 aliphatic carbocycles. The third-order valence-corrected chi connectivity index (χ3v) is 3.77. The van der Waals surface area contributed by atoms with Gasteiger partial charge in [-0.1, -0.05) is 0 Å². The van der Waals surface area contributed by atoms with Crippen LogP contribution in [0.1, 0.15) is 33.6 Å². The minimum atomic E-state index is 0.184. The molecule has 1 fully saturated rings. The van der Waals surface area contributed by atoms with Crippen molar-refractivity contribution in [2.24, 2.45) is 0 Å². The van der Waals surface area contributed by atoms with Crippen molar-refractivity contribution in [1.29, 1.82) is 0 Å². The number of aromatic nitrogens is 3. The second-order valence-electron chi connectivity index (χ2n) is 5.19. The summed E-state index contributed by atoms with van der Waals surface area (Å²) >= 11 is 0. The molecule has 0 spiro atoms. The maximum Gasteiger partial charge on any atom is 0.231 e. The number of hydrogen-bond donors (Lipinski definition) is 2. The maximum atomic E-state index is 5.70. The summed E-state index contributed by atoms with van der Waals surface area (Å²) in [7, 11) is 1.81. The van der Waals surface area contributed by atoms with Crippen LogP contribution in [0, 0.1) is 0 Å². The average molecular weight is 294 g/mol. The zero-order valence-corrected chi connectivity index (χ0v) is 13.4. The Balaban J connectivity index is 2.15. The summed E-state index contributed by atoms with van der Waals surface area (Å²) in [6.45, 7) is 8.87. The third kappa shape index (κ3) is 3.93. The third-order valence-electron chi connectivity index (χ3n) is 3.77. The average Bonchev–Trinajstić information content (AvgIpc) is 3.02. The number of anilines is 3. The molecule has 1 aromatic heterocycles. The van der Waals surface area contributed by atoms with Gasteiger partial charge in [-0.2, -0.15) is 15.0 Å². The molecule has 0 amide bonds. The van der Waals surface area contributed by atoms with E-state index in [2.05, 4.69) is 51.3 Å². The molecule has 7 heteroatoms. The predicted octanol–water partition coefficient (Wildman–Crippen LogP) is 1.74. The second-order valence-corrected chi connectivity index (χ2v) is 5.19. The van der Waals surface area contributed by atoms with E-state index < -0.39 is 0 Å². The van der Waals surface area contributed by atoms with Crippen molar-refractivity contribution < 1.29 is 4.74 Å². The van der Waals surface area contributed by atoms with Gasteiger partial charge in [0.2, 0.25) is 17.8 Å². The van der Waals surface area contributed by atoms with Gasteiger partial charge in [0.15, 0.2) is 0 Å². The lowest BCUT2D eigenvalue weighted by atomic mass is 10.1. The summed E-state index contributed by atoms with van der Waals surface area (Å²) in [6.07, 6.45) is 2.44. The largest absolute Gasteiger partial charge is 0.376 e. The molecule has 21 heavy (non-hydrogen) atoms. The first-order valence-corrected chi connectivity index (χ1v) is 7.74. The van der Waals surface area contributed by atoms with Crippen LogP contribution in [-0.2, 0) is 4.74 Å². The minimum Gasteiger partial charge on any atom is -0.376 e. The molecule has 118 valence electrons. The lowest BCUT2D eigenvalue weighted by Crippen LogP contribution is -2.32. The fourth-order valence-corrected chi connectivity index (χ4v) is 2.48. The quantitative estimate of drug-likeness (QED) is 0.793. The van der Waals surface area contributed by atoms with Crippen LogP contribution in [-0.4, -0.2) is 53.8 Å². The van der Waals surface area contributed by atoms with Gasteiger partial charge in [0, 0.05) is 26.7 Å². The second kappa shape index (κ2) is 7.40.